The van der Waals surface area contributed by atoms with Gasteiger partial charge in [0, 0.05) is 25.2 Å². The van der Waals surface area contributed by atoms with Gasteiger partial charge in [0.15, 0.2) is 0 Å². The summed E-state index contributed by atoms with van der Waals surface area (Å²) in [6, 6.07) is 15.9. The number of sulfonamides is 1. The second-order valence-corrected chi connectivity index (χ2v) is 7.92. The van der Waals surface area contributed by atoms with Crippen LogP contribution in [0.4, 0.5) is 0 Å². The molecule has 6 heteroatoms. The minimum Gasteiger partial charge on any atom is -0.339 e. The van der Waals surface area contributed by atoms with Gasteiger partial charge in [-0.05, 0) is 49.1 Å². The highest BCUT2D eigenvalue weighted by Crippen LogP contribution is 2.15. The zero-order valence-electron chi connectivity index (χ0n) is 14.0. The SMILES string of the molecule is O=C(c1ccc(S(=O)(=O)NCCc2ccccc2)cc1)N1CCCC1. The second-order valence-electron chi connectivity index (χ2n) is 6.16. The van der Waals surface area contributed by atoms with E-state index in [1.807, 2.05) is 35.2 Å². The van der Waals surface area contributed by atoms with Gasteiger partial charge in [-0.25, -0.2) is 13.1 Å². The molecule has 0 bridgehead atoms. The number of amides is 1. The molecule has 1 saturated heterocycles. The van der Waals surface area contributed by atoms with Crippen molar-refractivity contribution >= 4 is 15.9 Å². The summed E-state index contributed by atoms with van der Waals surface area (Å²) >= 11 is 0. The monoisotopic (exact) mass is 358 g/mol. The highest BCUT2D eigenvalue weighted by Gasteiger charge is 2.20. The molecule has 0 aliphatic carbocycles. The first-order valence-corrected chi connectivity index (χ1v) is 9.97. The molecule has 1 amide bonds. The average molecular weight is 358 g/mol. The van der Waals surface area contributed by atoms with Crippen molar-refractivity contribution < 1.29 is 13.2 Å². The fraction of sp³-hybridized carbons (Fsp3) is 0.316. The first-order chi connectivity index (χ1) is 12.1. The van der Waals surface area contributed by atoms with Gasteiger partial charge in [-0.2, -0.15) is 0 Å². The molecule has 1 heterocycles. The van der Waals surface area contributed by atoms with Gasteiger partial charge < -0.3 is 4.90 Å². The van der Waals surface area contributed by atoms with Gasteiger partial charge in [0.2, 0.25) is 10.0 Å². The van der Waals surface area contributed by atoms with Crippen molar-refractivity contribution in [1.29, 1.82) is 0 Å². The highest BCUT2D eigenvalue weighted by atomic mass is 32.2. The van der Waals surface area contributed by atoms with Gasteiger partial charge in [0.1, 0.15) is 0 Å². The first kappa shape index (κ1) is 17.6. The molecule has 1 N–H and O–H groups in total. The van der Waals surface area contributed by atoms with Gasteiger partial charge in [0.05, 0.1) is 4.90 Å². The van der Waals surface area contributed by atoms with E-state index in [2.05, 4.69) is 4.72 Å². The lowest BCUT2D eigenvalue weighted by atomic mass is 10.2. The average Bonchev–Trinajstić information content (AvgIpc) is 3.17. The van der Waals surface area contributed by atoms with Crippen LogP contribution in [0.3, 0.4) is 0 Å². The Balaban J connectivity index is 1.61. The molecule has 1 aliphatic rings. The summed E-state index contributed by atoms with van der Waals surface area (Å²) in [5, 5.41) is 0. The maximum Gasteiger partial charge on any atom is 0.253 e. The van der Waals surface area contributed by atoms with E-state index in [1.54, 1.807) is 12.1 Å². The predicted octanol–water partition coefficient (Wildman–Crippen LogP) is 2.44. The van der Waals surface area contributed by atoms with Crippen molar-refractivity contribution in [2.45, 2.75) is 24.2 Å². The van der Waals surface area contributed by atoms with E-state index in [4.69, 9.17) is 0 Å². The minimum atomic E-state index is -3.57. The van der Waals surface area contributed by atoms with Crippen LogP contribution < -0.4 is 4.72 Å². The van der Waals surface area contributed by atoms with Crippen LogP contribution in [0.25, 0.3) is 0 Å². The fourth-order valence-corrected chi connectivity index (χ4v) is 3.97. The summed E-state index contributed by atoms with van der Waals surface area (Å²) < 4.78 is 27.3. The van der Waals surface area contributed by atoms with Crippen LogP contribution in [0.15, 0.2) is 59.5 Å². The Bertz CT molecular complexity index is 812. The zero-order chi connectivity index (χ0) is 17.7. The molecule has 0 radical (unpaired) electrons. The molecule has 1 aliphatic heterocycles. The molecule has 0 unspecified atom stereocenters. The maximum atomic E-state index is 12.4. The number of rotatable bonds is 6. The minimum absolute atomic E-state index is 0.0292. The number of likely N-dealkylation sites (tertiary alicyclic amines) is 1. The number of hydrogen-bond donors (Lipinski definition) is 1. The largest absolute Gasteiger partial charge is 0.339 e. The molecule has 132 valence electrons. The van der Waals surface area contributed by atoms with Gasteiger partial charge in [-0.15, -0.1) is 0 Å². The molecule has 0 aromatic heterocycles. The molecule has 2 aromatic carbocycles. The number of hydrogen-bond acceptors (Lipinski definition) is 3. The van der Waals surface area contributed by atoms with Gasteiger partial charge in [-0.3, -0.25) is 4.79 Å². The van der Waals surface area contributed by atoms with Gasteiger partial charge in [0.25, 0.3) is 5.91 Å². The summed E-state index contributed by atoms with van der Waals surface area (Å²) in [5.41, 5.74) is 1.61. The zero-order valence-corrected chi connectivity index (χ0v) is 14.8. The van der Waals surface area contributed by atoms with Crippen LogP contribution in [0.2, 0.25) is 0 Å². The number of benzene rings is 2. The molecule has 0 saturated carbocycles. The van der Waals surface area contributed by atoms with Crippen molar-refractivity contribution in [3.8, 4) is 0 Å². The second kappa shape index (κ2) is 7.80. The number of carbonyl (C=O) groups excluding carboxylic acids is 1. The molecule has 1 fully saturated rings. The molecule has 0 spiro atoms. The smallest absolute Gasteiger partial charge is 0.253 e. The molecule has 2 aromatic rings. The Morgan fingerprint density at radius 3 is 2.24 bits per heavy atom. The van der Waals surface area contributed by atoms with E-state index in [0.29, 0.717) is 18.5 Å². The fourth-order valence-electron chi connectivity index (χ4n) is 2.94. The summed E-state index contributed by atoms with van der Waals surface area (Å²) in [6.07, 6.45) is 2.69. The van der Waals surface area contributed by atoms with E-state index in [-0.39, 0.29) is 10.8 Å². The lowest BCUT2D eigenvalue weighted by Gasteiger charge is -2.15. The van der Waals surface area contributed by atoms with Crippen molar-refractivity contribution in [3.63, 3.8) is 0 Å². The summed E-state index contributed by atoms with van der Waals surface area (Å²) in [7, 11) is -3.57. The van der Waals surface area contributed by atoms with Crippen LogP contribution in [0, 0.1) is 0 Å². The first-order valence-electron chi connectivity index (χ1n) is 8.49. The van der Waals surface area contributed by atoms with Crippen LogP contribution in [0.5, 0.6) is 0 Å². The van der Waals surface area contributed by atoms with Crippen molar-refractivity contribution in [3.05, 3.63) is 65.7 Å². The highest BCUT2D eigenvalue weighted by molar-refractivity contribution is 7.89. The van der Waals surface area contributed by atoms with Crippen LogP contribution in [-0.4, -0.2) is 38.9 Å². The summed E-state index contributed by atoms with van der Waals surface area (Å²) in [4.78, 5) is 14.3. The summed E-state index contributed by atoms with van der Waals surface area (Å²) in [5.74, 6) is -0.0292. The Hall–Kier alpha value is -2.18. The number of carbonyl (C=O) groups is 1. The Morgan fingerprint density at radius 2 is 1.60 bits per heavy atom. The van der Waals surface area contributed by atoms with Crippen molar-refractivity contribution in [2.75, 3.05) is 19.6 Å². The molecular formula is C19H22N2O3S. The topological polar surface area (TPSA) is 66.5 Å². The van der Waals surface area contributed by atoms with Crippen LogP contribution in [-0.2, 0) is 16.4 Å². The lowest BCUT2D eigenvalue weighted by Crippen LogP contribution is -2.28. The quantitative estimate of drug-likeness (QED) is 0.862. The van der Waals surface area contributed by atoms with E-state index in [9.17, 15) is 13.2 Å². The Morgan fingerprint density at radius 1 is 0.960 bits per heavy atom. The molecule has 3 rings (SSSR count). The third kappa shape index (κ3) is 4.46. The van der Waals surface area contributed by atoms with Gasteiger partial charge >= 0.3 is 0 Å². The van der Waals surface area contributed by atoms with E-state index in [0.717, 1.165) is 31.5 Å². The third-order valence-electron chi connectivity index (χ3n) is 4.35. The normalized spacial score (nSPS) is 14.6. The van der Waals surface area contributed by atoms with Crippen molar-refractivity contribution in [1.82, 2.24) is 9.62 Å². The van der Waals surface area contributed by atoms with E-state index < -0.39 is 10.0 Å². The van der Waals surface area contributed by atoms with Crippen LogP contribution in [0.1, 0.15) is 28.8 Å². The Kier molecular flexibility index (Phi) is 5.50. The number of nitrogens with one attached hydrogen (secondary N) is 1. The Labute approximate surface area is 148 Å². The van der Waals surface area contributed by atoms with E-state index >= 15 is 0 Å². The molecule has 25 heavy (non-hydrogen) atoms. The van der Waals surface area contributed by atoms with Gasteiger partial charge in [-0.1, -0.05) is 30.3 Å². The molecule has 5 nitrogen and oxygen atoms in total. The standard InChI is InChI=1S/C19H22N2O3S/c22-19(21-14-4-5-15-21)17-8-10-18(11-9-17)25(23,24)20-13-12-16-6-2-1-3-7-16/h1-3,6-11,20H,4-5,12-15H2. The van der Waals surface area contributed by atoms with Crippen LogP contribution >= 0.6 is 0 Å². The molecule has 0 atom stereocenters. The maximum absolute atomic E-state index is 12.4. The van der Waals surface area contributed by atoms with Crippen molar-refractivity contribution in [2.24, 2.45) is 0 Å². The third-order valence-corrected chi connectivity index (χ3v) is 5.83. The lowest BCUT2D eigenvalue weighted by molar-refractivity contribution is 0.0792. The summed E-state index contributed by atoms with van der Waals surface area (Å²) in [6.45, 7) is 1.89. The number of nitrogens with zero attached hydrogens (tertiary/aromatic N) is 1. The predicted molar refractivity (Wildman–Crippen MR) is 96.9 cm³/mol. The molecular weight excluding hydrogens is 336 g/mol. The van der Waals surface area contributed by atoms with E-state index in [1.165, 1.54) is 12.1 Å².